The van der Waals surface area contributed by atoms with E-state index < -0.39 is 0 Å². The Balaban J connectivity index is 1.57. The second-order valence-electron chi connectivity index (χ2n) is 6.20. The Hall–Kier alpha value is -3.48. The van der Waals surface area contributed by atoms with Crippen molar-refractivity contribution in [2.45, 2.75) is 19.4 Å². The highest BCUT2D eigenvalue weighted by Gasteiger charge is 2.13. The number of carbonyl (C=O) groups excluding carboxylic acids is 2. The second kappa shape index (κ2) is 8.27. The molecule has 7 nitrogen and oxygen atoms in total. The van der Waals surface area contributed by atoms with Gasteiger partial charge >= 0.3 is 0 Å². The van der Waals surface area contributed by atoms with Crippen molar-refractivity contribution in [3.8, 4) is 0 Å². The number of amides is 2. The molecule has 2 aromatic carbocycles. The zero-order valence-corrected chi connectivity index (χ0v) is 14.9. The lowest BCUT2D eigenvalue weighted by Crippen LogP contribution is -2.38. The van der Waals surface area contributed by atoms with E-state index in [1.54, 1.807) is 24.3 Å². The fraction of sp³-hybridized carbons (Fsp3) is 0.200. The Labute approximate surface area is 155 Å². The summed E-state index contributed by atoms with van der Waals surface area (Å²) in [6, 6.07) is 16.4. The maximum Gasteiger partial charge on any atom is 0.272 e. The van der Waals surface area contributed by atoms with E-state index >= 15 is 0 Å². The lowest BCUT2D eigenvalue weighted by molar-refractivity contribution is -0.126. The van der Waals surface area contributed by atoms with Gasteiger partial charge in [0.25, 0.3) is 5.56 Å². The zero-order chi connectivity index (χ0) is 19.2. The van der Waals surface area contributed by atoms with Crippen LogP contribution < -0.4 is 16.2 Å². The van der Waals surface area contributed by atoms with Gasteiger partial charge in [0.2, 0.25) is 11.8 Å². The molecule has 0 fully saturated rings. The molecule has 138 valence electrons. The largest absolute Gasteiger partial charge is 0.348 e. The van der Waals surface area contributed by atoms with Crippen molar-refractivity contribution in [2.24, 2.45) is 0 Å². The minimum atomic E-state index is -0.345. The predicted octanol–water partition coefficient (Wildman–Crippen LogP) is 1.46. The van der Waals surface area contributed by atoms with Gasteiger partial charge in [0.05, 0.1) is 30.1 Å². The third kappa shape index (κ3) is 4.58. The summed E-state index contributed by atoms with van der Waals surface area (Å²) in [6.45, 7) is 1.75. The molecule has 2 amide bonds. The first-order valence-corrected chi connectivity index (χ1v) is 8.62. The molecule has 1 unspecified atom stereocenters. The number of nitrogens with zero attached hydrogens (tertiary/aromatic N) is 1. The standard InChI is InChI=1S/C20H20N4O3/c1-13(14-7-3-2-4-8-14)22-19(26)12-21-18(25)11-17-15-9-5-6-10-16(15)20(27)24-23-17/h2-10,13H,11-12H2,1H3,(H,21,25)(H,22,26)(H,24,27). The van der Waals surface area contributed by atoms with E-state index in [0.717, 1.165) is 5.56 Å². The summed E-state index contributed by atoms with van der Waals surface area (Å²) in [4.78, 5) is 36.0. The van der Waals surface area contributed by atoms with Crippen LogP contribution in [-0.4, -0.2) is 28.6 Å². The highest BCUT2D eigenvalue weighted by molar-refractivity contribution is 5.90. The molecule has 0 aliphatic carbocycles. The summed E-state index contributed by atoms with van der Waals surface area (Å²) in [5.41, 5.74) is 1.14. The quantitative estimate of drug-likeness (QED) is 0.616. The lowest BCUT2D eigenvalue weighted by atomic mass is 10.1. The molecule has 3 N–H and O–H groups in total. The highest BCUT2D eigenvalue weighted by Crippen LogP contribution is 2.13. The summed E-state index contributed by atoms with van der Waals surface area (Å²) >= 11 is 0. The van der Waals surface area contributed by atoms with Crippen LogP contribution in [0.2, 0.25) is 0 Å². The molecule has 1 aromatic heterocycles. The van der Waals surface area contributed by atoms with Crippen LogP contribution in [0.1, 0.15) is 24.2 Å². The Morgan fingerprint density at radius 1 is 1.00 bits per heavy atom. The maximum atomic E-state index is 12.2. The molecule has 27 heavy (non-hydrogen) atoms. The number of fused-ring (bicyclic) bond motifs is 1. The molecule has 3 rings (SSSR count). The van der Waals surface area contributed by atoms with Crippen molar-refractivity contribution >= 4 is 22.6 Å². The van der Waals surface area contributed by atoms with Crippen LogP contribution in [0.25, 0.3) is 10.8 Å². The van der Waals surface area contributed by atoms with Crippen molar-refractivity contribution in [1.82, 2.24) is 20.8 Å². The molecule has 1 atom stereocenters. The summed E-state index contributed by atoms with van der Waals surface area (Å²) in [7, 11) is 0. The molecule has 0 spiro atoms. The molecule has 0 aliphatic heterocycles. The van der Waals surface area contributed by atoms with Gasteiger partial charge in [0, 0.05) is 5.39 Å². The van der Waals surface area contributed by atoms with E-state index in [0.29, 0.717) is 16.5 Å². The number of carbonyl (C=O) groups is 2. The van der Waals surface area contributed by atoms with Crippen molar-refractivity contribution < 1.29 is 9.59 Å². The number of nitrogens with one attached hydrogen (secondary N) is 3. The van der Waals surface area contributed by atoms with Crippen LogP contribution in [0.4, 0.5) is 0 Å². The number of hydrogen-bond donors (Lipinski definition) is 3. The van der Waals surface area contributed by atoms with Gasteiger partial charge in [0.15, 0.2) is 0 Å². The van der Waals surface area contributed by atoms with E-state index in [1.807, 2.05) is 37.3 Å². The van der Waals surface area contributed by atoms with Crippen LogP contribution in [-0.2, 0) is 16.0 Å². The third-order valence-electron chi connectivity index (χ3n) is 4.23. The zero-order valence-electron chi connectivity index (χ0n) is 14.9. The molecule has 0 aliphatic rings. The molecule has 0 radical (unpaired) electrons. The lowest BCUT2D eigenvalue weighted by Gasteiger charge is -2.14. The smallest absolute Gasteiger partial charge is 0.272 e. The average molecular weight is 364 g/mol. The van der Waals surface area contributed by atoms with Crippen LogP contribution in [0.5, 0.6) is 0 Å². The van der Waals surface area contributed by atoms with Crippen LogP contribution in [0, 0.1) is 0 Å². The number of benzene rings is 2. The maximum absolute atomic E-state index is 12.2. The summed E-state index contributed by atoms with van der Waals surface area (Å²) in [5.74, 6) is -0.624. The summed E-state index contributed by atoms with van der Waals surface area (Å²) in [6.07, 6.45) is -0.0290. The first kappa shape index (κ1) is 18.3. The van der Waals surface area contributed by atoms with Crippen molar-refractivity contribution in [2.75, 3.05) is 6.54 Å². The van der Waals surface area contributed by atoms with Gasteiger partial charge in [-0.05, 0) is 18.6 Å². The van der Waals surface area contributed by atoms with E-state index in [4.69, 9.17) is 0 Å². The minimum Gasteiger partial charge on any atom is -0.348 e. The van der Waals surface area contributed by atoms with Gasteiger partial charge in [-0.25, -0.2) is 5.10 Å². The highest BCUT2D eigenvalue weighted by atomic mass is 16.2. The van der Waals surface area contributed by atoms with Gasteiger partial charge < -0.3 is 10.6 Å². The van der Waals surface area contributed by atoms with Crippen LogP contribution >= 0.6 is 0 Å². The Bertz CT molecular complexity index is 1010. The number of hydrogen-bond acceptors (Lipinski definition) is 4. The number of aromatic amines is 1. The monoisotopic (exact) mass is 364 g/mol. The van der Waals surface area contributed by atoms with Gasteiger partial charge in [-0.2, -0.15) is 5.10 Å². The molecule has 7 heteroatoms. The van der Waals surface area contributed by atoms with Gasteiger partial charge in [-0.1, -0.05) is 48.5 Å². The summed E-state index contributed by atoms with van der Waals surface area (Å²) in [5, 5.41) is 12.9. The first-order valence-electron chi connectivity index (χ1n) is 8.62. The topological polar surface area (TPSA) is 104 Å². The van der Waals surface area contributed by atoms with Crippen LogP contribution in [0.3, 0.4) is 0 Å². The van der Waals surface area contributed by atoms with Gasteiger partial charge in [-0.15, -0.1) is 0 Å². The number of aromatic nitrogens is 2. The minimum absolute atomic E-state index is 0.0290. The fourth-order valence-corrected chi connectivity index (χ4v) is 2.82. The van der Waals surface area contributed by atoms with Gasteiger partial charge in [0.1, 0.15) is 0 Å². The van der Waals surface area contributed by atoms with Crippen molar-refractivity contribution in [3.05, 3.63) is 76.2 Å². The molecule has 0 bridgehead atoms. The van der Waals surface area contributed by atoms with Crippen molar-refractivity contribution in [1.29, 1.82) is 0 Å². The van der Waals surface area contributed by atoms with E-state index in [-0.39, 0.29) is 36.4 Å². The average Bonchev–Trinajstić information content (AvgIpc) is 2.69. The second-order valence-corrected chi connectivity index (χ2v) is 6.20. The predicted molar refractivity (Wildman–Crippen MR) is 102 cm³/mol. The molecule has 1 heterocycles. The summed E-state index contributed by atoms with van der Waals surface area (Å²) < 4.78 is 0. The Kier molecular flexibility index (Phi) is 5.61. The SMILES string of the molecule is CC(NC(=O)CNC(=O)Cc1n[nH]c(=O)c2ccccc12)c1ccccc1. The molecular weight excluding hydrogens is 344 g/mol. The van der Waals surface area contributed by atoms with E-state index in [1.165, 1.54) is 0 Å². The van der Waals surface area contributed by atoms with Gasteiger partial charge in [-0.3, -0.25) is 14.4 Å². The number of rotatable bonds is 6. The Morgan fingerprint density at radius 2 is 1.67 bits per heavy atom. The molecule has 3 aromatic rings. The van der Waals surface area contributed by atoms with E-state index in [2.05, 4.69) is 20.8 Å². The molecule has 0 saturated heterocycles. The third-order valence-corrected chi connectivity index (χ3v) is 4.23. The first-order chi connectivity index (χ1) is 13.0. The normalized spacial score (nSPS) is 11.7. The Morgan fingerprint density at radius 3 is 2.41 bits per heavy atom. The molecular formula is C20H20N4O3. The van der Waals surface area contributed by atoms with Crippen LogP contribution in [0.15, 0.2) is 59.4 Å². The molecule has 0 saturated carbocycles. The fourth-order valence-electron chi connectivity index (χ4n) is 2.82. The number of H-pyrrole nitrogens is 1. The van der Waals surface area contributed by atoms with Crippen molar-refractivity contribution in [3.63, 3.8) is 0 Å². The van der Waals surface area contributed by atoms with E-state index in [9.17, 15) is 14.4 Å².